The van der Waals surface area contributed by atoms with Crippen LogP contribution in [-0.4, -0.2) is 34.1 Å². The second-order valence-corrected chi connectivity index (χ2v) is 6.82. The summed E-state index contributed by atoms with van der Waals surface area (Å²) in [6.07, 6.45) is 2.12. The van der Waals surface area contributed by atoms with Gasteiger partial charge in [0.05, 0.1) is 13.0 Å². The van der Waals surface area contributed by atoms with Gasteiger partial charge >= 0.3 is 0 Å². The Bertz CT molecular complexity index is 922. The average Bonchev–Trinajstić information content (AvgIpc) is 3.40. The Morgan fingerprint density at radius 3 is 2.71 bits per heavy atom. The van der Waals surface area contributed by atoms with E-state index in [1.54, 1.807) is 0 Å². The highest BCUT2D eigenvalue weighted by atomic mass is 16.5. The Balaban J connectivity index is 1.46. The molecule has 1 saturated heterocycles. The smallest absolute Gasteiger partial charge is 0.249 e. The number of likely N-dealkylation sites (tertiary alicyclic amines) is 1. The zero-order valence-electron chi connectivity index (χ0n) is 15.9. The summed E-state index contributed by atoms with van der Waals surface area (Å²) in [6, 6.07) is 17.2. The molecule has 1 amide bonds. The lowest BCUT2D eigenvalue weighted by atomic mass is 10.1. The largest absolute Gasteiger partial charge is 0.494 e. The minimum Gasteiger partial charge on any atom is -0.494 e. The summed E-state index contributed by atoms with van der Waals surface area (Å²) in [5, 5.41) is 4.10. The maximum Gasteiger partial charge on any atom is 0.249 e. The van der Waals surface area contributed by atoms with Gasteiger partial charge in [0, 0.05) is 12.1 Å². The lowest BCUT2D eigenvalue weighted by Crippen LogP contribution is -2.32. The van der Waals surface area contributed by atoms with Crippen molar-refractivity contribution in [2.45, 2.75) is 32.2 Å². The highest BCUT2D eigenvalue weighted by Crippen LogP contribution is 2.32. The number of rotatable bonds is 6. The van der Waals surface area contributed by atoms with Gasteiger partial charge in [0.25, 0.3) is 0 Å². The summed E-state index contributed by atoms with van der Waals surface area (Å²) in [5.74, 6) is 1.96. The van der Waals surface area contributed by atoms with Gasteiger partial charge in [-0.25, -0.2) is 0 Å². The number of nitrogens with zero attached hydrogens (tertiary/aromatic N) is 3. The molecule has 0 N–H and O–H groups in total. The lowest BCUT2D eigenvalue weighted by molar-refractivity contribution is -0.131. The van der Waals surface area contributed by atoms with Crippen molar-refractivity contribution in [1.29, 1.82) is 0 Å². The first-order valence-electron chi connectivity index (χ1n) is 9.65. The van der Waals surface area contributed by atoms with Crippen LogP contribution in [0.3, 0.4) is 0 Å². The third-order valence-corrected chi connectivity index (χ3v) is 4.92. The van der Waals surface area contributed by atoms with Crippen LogP contribution in [0.5, 0.6) is 5.75 Å². The summed E-state index contributed by atoms with van der Waals surface area (Å²) >= 11 is 0. The second-order valence-electron chi connectivity index (χ2n) is 6.82. The predicted octanol–water partition coefficient (Wildman–Crippen LogP) is 4.04. The summed E-state index contributed by atoms with van der Waals surface area (Å²) < 4.78 is 11.0. The van der Waals surface area contributed by atoms with Crippen LogP contribution >= 0.6 is 0 Å². The third kappa shape index (κ3) is 3.91. The van der Waals surface area contributed by atoms with Gasteiger partial charge in [0.2, 0.25) is 17.6 Å². The molecular formula is C22H23N3O3. The van der Waals surface area contributed by atoms with Crippen molar-refractivity contribution in [2.75, 3.05) is 13.2 Å². The van der Waals surface area contributed by atoms with Crippen molar-refractivity contribution < 1.29 is 14.1 Å². The number of amides is 1. The first kappa shape index (κ1) is 18.2. The first-order chi connectivity index (χ1) is 13.7. The Hall–Kier alpha value is -3.15. The van der Waals surface area contributed by atoms with Crippen LogP contribution in [0, 0.1) is 0 Å². The molecule has 0 bridgehead atoms. The van der Waals surface area contributed by atoms with Crippen LogP contribution in [0.4, 0.5) is 0 Å². The molecule has 1 atom stereocenters. The van der Waals surface area contributed by atoms with E-state index in [2.05, 4.69) is 10.1 Å². The number of aromatic nitrogens is 2. The molecule has 4 rings (SSSR count). The van der Waals surface area contributed by atoms with Gasteiger partial charge in [-0.15, -0.1) is 0 Å². The molecule has 2 heterocycles. The first-order valence-corrected chi connectivity index (χ1v) is 9.65. The van der Waals surface area contributed by atoms with E-state index < -0.39 is 0 Å². The highest BCUT2D eigenvalue weighted by molar-refractivity contribution is 5.79. The van der Waals surface area contributed by atoms with Crippen molar-refractivity contribution in [3.05, 3.63) is 66.1 Å². The van der Waals surface area contributed by atoms with Crippen LogP contribution < -0.4 is 4.74 Å². The fourth-order valence-electron chi connectivity index (χ4n) is 3.54. The SMILES string of the molecule is CCOc1ccc(CC(=O)N2CCC[C@@H]2c2nc(-c3ccccc3)no2)cc1. The molecule has 0 saturated carbocycles. The van der Waals surface area contributed by atoms with E-state index in [0.717, 1.165) is 29.7 Å². The van der Waals surface area contributed by atoms with Gasteiger partial charge in [0.1, 0.15) is 11.8 Å². The lowest BCUT2D eigenvalue weighted by Gasteiger charge is -2.22. The molecule has 2 aromatic carbocycles. The third-order valence-electron chi connectivity index (χ3n) is 4.92. The molecule has 0 radical (unpaired) electrons. The predicted molar refractivity (Wildman–Crippen MR) is 105 cm³/mol. The Kier molecular flexibility index (Phi) is 5.37. The minimum atomic E-state index is -0.153. The molecule has 1 fully saturated rings. The molecule has 0 spiro atoms. The standard InChI is InChI=1S/C22H23N3O3/c1-2-27-18-12-10-16(11-13-18)15-20(26)25-14-6-9-19(25)22-23-21(24-28-22)17-7-4-3-5-8-17/h3-5,7-8,10-13,19H,2,6,9,14-15H2,1H3/t19-/m1/s1. The van der Waals surface area contributed by atoms with E-state index in [4.69, 9.17) is 9.26 Å². The number of hydrogen-bond donors (Lipinski definition) is 0. The average molecular weight is 377 g/mol. The van der Waals surface area contributed by atoms with E-state index in [1.807, 2.05) is 66.4 Å². The van der Waals surface area contributed by atoms with Gasteiger partial charge < -0.3 is 14.2 Å². The van der Waals surface area contributed by atoms with Gasteiger partial charge in [-0.05, 0) is 37.5 Å². The topological polar surface area (TPSA) is 68.5 Å². The fourth-order valence-corrected chi connectivity index (χ4v) is 3.54. The van der Waals surface area contributed by atoms with Crippen LogP contribution in [-0.2, 0) is 11.2 Å². The zero-order chi connectivity index (χ0) is 19.3. The Labute approximate surface area is 164 Å². The summed E-state index contributed by atoms with van der Waals surface area (Å²) in [4.78, 5) is 19.3. The highest BCUT2D eigenvalue weighted by Gasteiger charge is 2.34. The fraction of sp³-hybridized carbons (Fsp3) is 0.318. The quantitative estimate of drug-likeness (QED) is 0.648. The maximum absolute atomic E-state index is 12.9. The number of benzene rings is 2. The van der Waals surface area contributed by atoms with Crippen molar-refractivity contribution in [1.82, 2.24) is 15.0 Å². The second kappa shape index (κ2) is 8.25. The summed E-state index contributed by atoms with van der Waals surface area (Å²) in [6.45, 7) is 3.29. The van der Waals surface area contributed by atoms with Crippen molar-refractivity contribution in [3.63, 3.8) is 0 Å². The minimum absolute atomic E-state index is 0.0751. The van der Waals surface area contributed by atoms with Crippen molar-refractivity contribution in [3.8, 4) is 17.1 Å². The molecule has 0 unspecified atom stereocenters. The molecule has 144 valence electrons. The van der Waals surface area contributed by atoms with Crippen LogP contribution in [0.25, 0.3) is 11.4 Å². The van der Waals surface area contributed by atoms with Crippen LogP contribution in [0.15, 0.2) is 59.1 Å². The van der Waals surface area contributed by atoms with E-state index >= 15 is 0 Å². The molecule has 6 nitrogen and oxygen atoms in total. The van der Waals surface area contributed by atoms with Crippen LogP contribution in [0.2, 0.25) is 0 Å². The number of hydrogen-bond acceptors (Lipinski definition) is 5. The monoisotopic (exact) mass is 377 g/mol. The van der Waals surface area contributed by atoms with Gasteiger partial charge in [-0.1, -0.05) is 47.6 Å². The van der Waals surface area contributed by atoms with E-state index in [9.17, 15) is 4.79 Å². The number of carbonyl (C=O) groups is 1. The molecular weight excluding hydrogens is 354 g/mol. The Morgan fingerprint density at radius 2 is 1.96 bits per heavy atom. The normalized spacial score (nSPS) is 16.3. The van der Waals surface area contributed by atoms with E-state index in [0.29, 0.717) is 31.3 Å². The summed E-state index contributed by atoms with van der Waals surface area (Å²) in [5.41, 5.74) is 1.87. The molecule has 3 aromatic rings. The summed E-state index contributed by atoms with van der Waals surface area (Å²) in [7, 11) is 0. The van der Waals surface area contributed by atoms with Gasteiger partial charge in [-0.2, -0.15) is 4.98 Å². The van der Waals surface area contributed by atoms with Crippen molar-refractivity contribution >= 4 is 5.91 Å². The zero-order valence-corrected chi connectivity index (χ0v) is 15.9. The van der Waals surface area contributed by atoms with Gasteiger partial charge in [0.15, 0.2) is 0 Å². The molecule has 1 aliphatic heterocycles. The van der Waals surface area contributed by atoms with Crippen molar-refractivity contribution in [2.24, 2.45) is 0 Å². The molecule has 6 heteroatoms. The van der Waals surface area contributed by atoms with Crippen LogP contribution in [0.1, 0.15) is 37.3 Å². The van der Waals surface area contributed by atoms with Gasteiger partial charge in [-0.3, -0.25) is 4.79 Å². The molecule has 1 aliphatic rings. The Morgan fingerprint density at radius 1 is 1.18 bits per heavy atom. The van der Waals surface area contributed by atoms with E-state index in [1.165, 1.54) is 0 Å². The molecule has 1 aromatic heterocycles. The van der Waals surface area contributed by atoms with E-state index in [-0.39, 0.29) is 11.9 Å². The number of carbonyl (C=O) groups excluding carboxylic acids is 1. The maximum atomic E-state index is 12.9. The molecule has 0 aliphatic carbocycles. The number of ether oxygens (including phenoxy) is 1. The molecule has 28 heavy (non-hydrogen) atoms.